The van der Waals surface area contributed by atoms with Crippen LogP contribution in [0.4, 0.5) is 0 Å². The van der Waals surface area contributed by atoms with Crippen molar-refractivity contribution < 1.29 is 42.1 Å². The highest BCUT2D eigenvalue weighted by Gasteiger charge is 2.27. The van der Waals surface area contributed by atoms with E-state index in [0.29, 0.717) is 23.9 Å². The summed E-state index contributed by atoms with van der Waals surface area (Å²) in [5, 5.41) is 0. The van der Waals surface area contributed by atoms with Gasteiger partial charge in [-0.15, -0.1) is 0 Å². The molecule has 0 heterocycles. The molecule has 0 bridgehead atoms. The van der Waals surface area contributed by atoms with Crippen LogP contribution in [0.25, 0.3) is 0 Å². The molecule has 0 aliphatic carbocycles. The Morgan fingerprint density at radius 3 is 1.23 bits per heavy atom. The van der Waals surface area contributed by atoms with Crippen molar-refractivity contribution in [1.29, 1.82) is 0 Å². The summed E-state index contributed by atoms with van der Waals surface area (Å²) in [6, 6.07) is 0. The van der Waals surface area contributed by atoms with Crippen molar-refractivity contribution in [1.82, 2.24) is 0 Å². The lowest BCUT2D eigenvalue weighted by molar-refractivity contribution is -0.870. The van der Waals surface area contributed by atoms with E-state index >= 15 is 0 Å². The third-order valence-corrected chi connectivity index (χ3v) is 12.0. The minimum Gasteiger partial charge on any atom is -0.462 e. The van der Waals surface area contributed by atoms with E-state index in [1.165, 1.54) is 51.4 Å². The van der Waals surface area contributed by atoms with Crippen molar-refractivity contribution in [2.24, 2.45) is 0 Å². The van der Waals surface area contributed by atoms with Gasteiger partial charge >= 0.3 is 19.8 Å². The van der Waals surface area contributed by atoms with Crippen LogP contribution in [0.15, 0.2) is 109 Å². The zero-order valence-corrected chi connectivity index (χ0v) is 45.4. The van der Waals surface area contributed by atoms with E-state index in [2.05, 4.69) is 123 Å². The molecule has 10 heteroatoms. The number of ether oxygens (including phenoxy) is 2. The number of carbonyl (C=O) groups excluding carboxylic acids is 2. The Balaban J connectivity index is 4.27. The number of phosphoric acid groups is 1. The molecule has 0 aromatic carbocycles. The highest BCUT2D eigenvalue weighted by Crippen LogP contribution is 2.43. The summed E-state index contributed by atoms with van der Waals surface area (Å²) in [6.45, 7) is 4.25. The number of hydrogen-bond acceptors (Lipinski definition) is 7. The molecule has 0 radical (unpaired) electrons. The molecule has 69 heavy (non-hydrogen) atoms. The second kappa shape index (κ2) is 49.6. The molecule has 0 spiro atoms. The Morgan fingerprint density at radius 2 is 0.826 bits per heavy atom. The first-order valence-electron chi connectivity index (χ1n) is 27.1. The fraction of sp³-hybridized carbons (Fsp3) is 0.661. The van der Waals surface area contributed by atoms with Gasteiger partial charge < -0.3 is 18.9 Å². The van der Waals surface area contributed by atoms with Crippen molar-refractivity contribution in [2.45, 2.75) is 206 Å². The van der Waals surface area contributed by atoms with Crippen LogP contribution in [0.1, 0.15) is 200 Å². The number of allylic oxidation sites excluding steroid dienone is 18. The lowest BCUT2D eigenvalue weighted by atomic mass is 10.1. The first-order valence-corrected chi connectivity index (χ1v) is 28.6. The third kappa shape index (κ3) is 53.9. The van der Waals surface area contributed by atoms with Crippen LogP contribution in [0.3, 0.4) is 0 Å². The summed E-state index contributed by atoms with van der Waals surface area (Å²) in [7, 11) is 1.44. The summed E-state index contributed by atoms with van der Waals surface area (Å²) in [5.74, 6) is -0.834. The number of nitrogens with zero attached hydrogens (tertiary/aromatic N) is 1. The van der Waals surface area contributed by atoms with Crippen molar-refractivity contribution in [3.05, 3.63) is 109 Å². The molecule has 0 fully saturated rings. The van der Waals surface area contributed by atoms with Gasteiger partial charge in [0.25, 0.3) is 0 Å². The summed E-state index contributed by atoms with van der Waals surface area (Å²) < 4.78 is 34.5. The van der Waals surface area contributed by atoms with Crippen LogP contribution < -0.4 is 0 Å². The number of unbranched alkanes of at least 4 members (excludes halogenated alkanes) is 16. The molecule has 0 rings (SSSR count). The number of hydrogen-bond donors (Lipinski definition) is 1. The SMILES string of the molecule is CC/C=C\C/C=C\C/C=C\C/C=C\C/C=C\C/C=C\C/C=C\CCCCCCCCCC(=O)OC(COC(=O)CCCCCCC/C=C\C/C=C\CCCCCC)COP(=O)(O)OCC[N+](C)(C)C. The fourth-order valence-corrected chi connectivity index (χ4v) is 7.59. The van der Waals surface area contributed by atoms with Crippen LogP contribution in [0.2, 0.25) is 0 Å². The van der Waals surface area contributed by atoms with Crippen LogP contribution in [-0.2, 0) is 32.7 Å². The molecule has 2 atom stereocenters. The van der Waals surface area contributed by atoms with Crippen LogP contribution in [0.5, 0.6) is 0 Å². The first kappa shape index (κ1) is 65.7. The molecule has 9 nitrogen and oxygen atoms in total. The Labute approximate surface area is 423 Å². The maximum absolute atomic E-state index is 12.8. The van der Waals surface area contributed by atoms with Crippen molar-refractivity contribution >= 4 is 19.8 Å². The quantitative estimate of drug-likeness (QED) is 0.0211. The number of rotatable bonds is 48. The van der Waals surface area contributed by atoms with Gasteiger partial charge in [0.1, 0.15) is 19.8 Å². The monoisotopic (exact) mass is 983 g/mol. The van der Waals surface area contributed by atoms with E-state index in [1.807, 2.05) is 21.1 Å². The number of quaternary nitrogens is 1. The van der Waals surface area contributed by atoms with Crippen molar-refractivity contribution in [3.8, 4) is 0 Å². The van der Waals surface area contributed by atoms with E-state index in [9.17, 15) is 19.0 Å². The Hall–Kier alpha value is -3.33. The van der Waals surface area contributed by atoms with Crippen molar-refractivity contribution in [3.63, 3.8) is 0 Å². The van der Waals surface area contributed by atoms with Crippen LogP contribution in [0, 0.1) is 0 Å². The number of phosphoric ester groups is 1. The average Bonchev–Trinajstić information content (AvgIpc) is 3.31. The Kier molecular flexibility index (Phi) is 47.2. The normalized spacial score (nSPS) is 14.2. The second-order valence-electron chi connectivity index (χ2n) is 18.9. The predicted molar refractivity (Wildman–Crippen MR) is 293 cm³/mol. The lowest BCUT2D eigenvalue weighted by Crippen LogP contribution is -2.37. The van der Waals surface area contributed by atoms with Gasteiger partial charge in [-0.25, -0.2) is 4.57 Å². The number of likely N-dealkylation sites (N-methyl/N-ethyl adjacent to an activating group) is 1. The van der Waals surface area contributed by atoms with E-state index in [1.54, 1.807) is 0 Å². The Morgan fingerprint density at radius 1 is 0.464 bits per heavy atom. The Bertz CT molecular complexity index is 1530. The molecule has 2 unspecified atom stereocenters. The highest BCUT2D eigenvalue weighted by atomic mass is 31.2. The third-order valence-electron chi connectivity index (χ3n) is 11.0. The smallest absolute Gasteiger partial charge is 0.462 e. The largest absolute Gasteiger partial charge is 0.472 e. The average molecular weight is 983 g/mol. The molecule has 0 aliphatic heterocycles. The lowest BCUT2D eigenvalue weighted by Gasteiger charge is -2.24. The zero-order valence-electron chi connectivity index (χ0n) is 44.5. The maximum Gasteiger partial charge on any atom is 0.472 e. The molecule has 0 amide bonds. The number of carbonyl (C=O) groups is 2. The molecule has 0 saturated carbocycles. The van der Waals surface area contributed by atoms with Gasteiger partial charge in [-0.05, 0) is 103 Å². The minimum atomic E-state index is -4.40. The zero-order chi connectivity index (χ0) is 50.6. The molecular weight excluding hydrogens is 882 g/mol. The summed E-state index contributed by atoms with van der Waals surface area (Å²) >= 11 is 0. The standard InChI is InChI=1S/C59H100NO8P/c1-6-8-10-12-14-16-18-20-22-24-25-26-27-28-29-30-31-32-33-34-35-36-38-40-42-44-46-48-50-52-59(62)68-57(56-67-69(63,64)66-54-53-60(3,4)5)55-65-58(61)51-49-47-45-43-41-39-37-23-21-19-17-15-13-11-9-7-2/h8,10,14,16-17,19-20,22-23,25-26,28-29,31-32,34-35,37,57H,6-7,9,11-13,15,18,21,24,27,30,33,36,38-56H2,1-5H3/p+1/b10-8-,16-14-,19-17-,22-20-,26-25-,29-28-,32-31-,35-34-,37-23-. The van der Waals surface area contributed by atoms with Gasteiger partial charge in [0.05, 0.1) is 27.7 Å². The fourth-order valence-electron chi connectivity index (χ4n) is 6.85. The van der Waals surface area contributed by atoms with Gasteiger partial charge in [0, 0.05) is 12.8 Å². The molecule has 0 saturated heterocycles. The molecule has 0 aromatic heterocycles. The minimum absolute atomic E-state index is 0.0209. The first-order chi connectivity index (χ1) is 33.5. The topological polar surface area (TPSA) is 108 Å². The molecular formula is C59H101NO8P+. The van der Waals surface area contributed by atoms with Crippen LogP contribution in [-0.4, -0.2) is 74.9 Å². The summed E-state index contributed by atoms with van der Waals surface area (Å²) in [4.78, 5) is 35.6. The van der Waals surface area contributed by atoms with Crippen LogP contribution >= 0.6 is 7.82 Å². The van der Waals surface area contributed by atoms with E-state index in [-0.39, 0.29) is 32.0 Å². The molecule has 0 aromatic rings. The van der Waals surface area contributed by atoms with E-state index in [4.69, 9.17) is 18.5 Å². The summed E-state index contributed by atoms with van der Waals surface area (Å²) in [6.07, 6.45) is 68.6. The van der Waals surface area contributed by atoms with Gasteiger partial charge in [-0.3, -0.25) is 18.6 Å². The highest BCUT2D eigenvalue weighted by molar-refractivity contribution is 7.47. The van der Waals surface area contributed by atoms with Crippen molar-refractivity contribution in [2.75, 3.05) is 47.5 Å². The van der Waals surface area contributed by atoms with E-state index in [0.717, 1.165) is 109 Å². The molecule has 0 aliphatic rings. The summed E-state index contributed by atoms with van der Waals surface area (Å²) in [5.41, 5.74) is 0. The van der Waals surface area contributed by atoms with E-state index < -0.39 is 26.5 Å². The molecule has 394 valence electrons. The van der Waals surface area contributed by atoms with Gasteiger partial charge in [-0.2, -0.15) is 0 Å². The number of esters is 2. The van der Waals surface area contributed by atoms with Gasteiger partial charge in [0.15, 0.2) is 6.10 Å². The van der Waals surface area contributed by atoms with Gasteiger partial charge in [-0.1, -0.05) is 194 Å². The maximum atomic E-state index is 12.8. The predicted octanol–water partition coefficient (Wildman–Crippen LogP) is 16.6. The molecule has 1 N–H and O–H groups in total. The second-order valence-corrected chi connectivity index (χ2v) is 20.3. The van der Waals surface area contributed by atoms with Gasteiger partial charge in [0.2, 0.25) is 0 Å².